The normalized spacial score (nSPS) is 10.9. The molecule has 0 aliphatic carbocycles. The molecule has 0 radical (unpaired) electrons. The molecule has 8 nitrogen and oxygen atoms in total. The second kappa shape index (κ2) is 10.3. The van der Waals surface area contributed by atoms with E-state index < -0.39 is 18.3 Å². The minimum atomic E-state index is -1.76. The van der Waals surface area contributed by atoms with E-state index in [1.54, 1.807) is 0 Å². The van der Waals surface area contributed by atoms with E-state index in [0.717, 1.165) is 25.7 Å². The lowest BCUT2D eigenvalue weighted by atomic mass is 10.3. The number of rotatable bonds is 9. The average molecular weight is 294 g/mol. The highest BCUT2D eigenvalue weighted by Crippen LogP contribution is 2.17. The van der Waals surface area contributed by atoms with Crippen molar-refractivity contribution in [1.29, 1.82) is 0 Å². The number of carbonyl (C=O) groups excluding carboxylic acids is 1. The smallest absolute Gasteiger partial charge is 0.447 e. The van der Waals surface area contributed by atoms with Gasteiger partial charge in [0.1, 0.15) is 0 Å². The van der Waals surface area contributed by atoms with Crippen molar-refractivity contribution in [1.82, 2.24) is 0 Å². The molecule has 8 heteroatoms. The summed E-state index contributed by atoms with van der Waals surface area (Å²) in [5.41, 5.74) is 0. The minimum Gasteiger partial charge on any atom is -0.447 e. The lowest BCUT2D eigenvalue weighted by molar-refractivity contribution is -0.361. The van der Waals surface area contributed by atoms with Gasteiger partial charge in [0, 0.05) is 6.92 Å². The Morgan fingerprint density at radius 1 is 1.00 bits per heavy atom. The van der Waals surface area contributed by atoms with E-state index >= 15 is 0 Å². The molecule has 118 valence electrons. The van der Waals surface area contributed by atoms with Crippen LogP contribution in [0.4, 0.5) is 9.59 Å². The summed E-state index contributed by atoms with van der Waals surface area (Å²) in [4.78, 5) is 28.8. The van der Waals surface area contributed by atoms with Gasteiger partial charge in [-0.3, -0.25) is 0 Å². The van der Waals surface area contributed by atoms with E-state index in [1.165, 1.54) is 6.92 Å². The number of unbranched alkanes of at least 4 members (excludes halogenated alkanes) is 2. The van der Waals surface area contributed by atoms with Crippen LogP contribution in [-0.2, 0) is 24.0 Å². The number of carbonyl (C=O) groups is 2. The molecule has 0 heterocycles. The first kappa shape index (κ1) is 18.5. The molecule has 20 heavy (non-hydrogen) atoms. The Kier molecular flexibility index (Phi) is 9.48. The molecule has 0 fully saturated rings. The maximum absolute atomic E-state index is 11.2. The highest BCUT2D eigenvalue weighted by atomic mass is 17.3. The van der Waals surface area contributed by atoms with E-state index in [-0.39, 0.29) is 0 Å². The molecule has 0 rings (SSSR count). The third-order valence-corrected chi connectivity index (χ3v) is 2.17. The van der Waals surface area contributed by atoms with Gasteiger partial charge in [0.25, 0.3) is 0 Å². The van der Waals surface area contributed by atoms with Gasteiger partial charge in [-0.25, -0.2) is 9.68 Å². The van der Waals surface area contributed by atoms with Gasteiger partial charge in [-0.05, 0) is 12.8 Å². The van der Waals surface area contributed by atoms with Gasteiger partial charge in [0.2, 0.25) is 0 Å². The second-order valence-electron chi connectivity index (χ2n) is 4.05. The zero-order valence-electron chi connectivity index (χ0n) is 12.0. The third-order valence-electron chi connectivity index (χ3n) is 2.17. The molecule has 0 saturated heterocycles. The van der Waals surface area contributed by atoms with Crippen LogP contribution in [0.1, 0.15) is 46.5 Å². The zero-order valence-corrected chi connectivity index (χ0v) is 12.0. The van der Waals surface area contributed by atoms with Crippen LogP contribution in [0.15, 0.2) is 0 Å². The maximum Gasteiger partial charge on any atom is 0.554 e. The molecule has 0 saturated carbocycles. The largest absolute Gasteiger partial charge is 0.554 e. The van der Waals surface area contributed by atoms with Gasteiger partial charge in [0.15, 0.2) is 0 Å². The van der Waals surface area contributed by atoms with Gasteiger partial charge in [-0.1, -0.05) is 26.7 Å². The topological polar surface area (TPSA) is 101 Å². The van der Waals surface area contributed by atoms with Crippen LogP contribution in [0.5, 0.6) is 0 Å². The van der Waals surface area contributed by atoms with Gasteiger partial charge < -0.3 is 19.3 Å². The molecule has 0 bridgehead atoms. The number of ether oxygens (including phenoxy) is 3. The van der Waals surface area contributed by atoms with Crippen molar-refractivity contribution < 1.29 is 38.7 Å². The number of hydrogen-bond donors (Lipinski definition) is 1. The number of hydrogen-bond acceptors (Lipinski definition) is 7. The van der Waals surface area contributed by atoms with Gasteiger partial charge in [-0.15, -0.1) is 0 Å². The molecule has 0 aliphatic rings. The highest BCUT2D eigenvalue weighted by Gasteiger charge is 2.33. The Bertz CT molecular complexity index is 281. The van der Waals surface area contributed by atoms with E-state index in [1.807, 2.05) is 13.8 Å². The van der Waals surface area contributed by atoms with Crippen molar-refractivity contribution in [3.05, 3.63) is 0 Å². The van der Waals surface area contributed by atoms with Crippen LogP contribution in [0.2, 0.25) is 0 Å². The highest BCUT2D eigenvalue weighted by molar-refractivity contribution is 5.62. The summed E-state index contributed by atoms with van der Waals surface area (Å²) in [7, 11) is 0. The molecule has 0 amide bonds. The summed E-state index contributed by atoms with van der Waals surface area (Å²) < 4.78 is 15.5. The Labute approximate surface area is 117 Å². The summed E-state index contributed by atoms with van der Waals surface area (Å²) in [5, 5.41) is 8.19. The van der Waals surface area contributed by atoms with Gasteiger partial charge >= 0.3 is 18.3 Å². The predicted octanol–water partition coefficient (Wildman–Crippen LogP) is 3.06. The van der Waals surface area contributed by atoms with Crippen molar-refractivity contribution in [2.24, 2.45) is 0 Å². The summed E-state index contributed by atoms with van der Waals surface area (Å²) >= 11 is 0. The Morgan fingerprint density at radius 2 is 1.50 bits per heavy atom. The van der Waals surface area contributed by atoms with Crippen molar-refractivity contribution in [2.75, 3.05) is 13.2 Å². The first-order valence-electron chi connectivity index (χ1n) is 6.51. The van der Waals surface area contributed by atoms with Crippen molar-refractivity contribution in [3.63, 3.8) is 0 Å². The monoisotopic (exact) mass is 294 g/mol. The molecule has 0 spiro atoms. The Morgan fingerprint density at radius 3 is 1.90 bits per heavy atom. The quantitative estimate of drug-likeness (QED) is 0.228. The molecular formula is C12H22O8. The van der Waals surface area contributed by atoms with E-state index in [9.17, 15) is 9.59 Å². The summed E-state index contributed by atoms with van der Waals surface area (Å²) in [6, 6.07) is 0. The predicted molar refractivity (Wildman–Crippen MR) is 66.8 cm³/mol. The van der Waals surface area contributed by atoms with Crippen molar-refractivity contribution >= 4 is 12.3 Å². The van der Waals surface area contributed by atoms with Gasteiger partial charge in [0.05, 0.1) is 13.2 Å². The zero-order chi connectivity index (χ0) is 15.4. The molecule has 0 aromatic heterocycles. The van der Waals surface area contributed by atoms with Crippen molar-refractivity contribution in [2.45, 2.75) is 52.4 Å². The molecule has 0 aromatic rings. The standard InChI is InChI=1S/C12H22O8/c1-4-6-8-16-12(3,17-9-7-5-2)18-11(15)20-19-10(13)14/h4-9H2,1-3H3,(H,13,14). The van der Waals surface area contributed by atoms with Crippen LogP contribution < -0.4 is 0 Å². The van der Waals surface area contributed by atoms with Crippen molar-refractivity contribution in [3.8, 4) is 0 Å². The first-order chi connectivity index (χ1) is 9.43. The molecule has 0 unspecified atom stereocenters. The Hall–Kier alpha value is -1.54. The average Bonchev–Trinajstić information content (AvgIpc) is 2.37. The van der Waals surface area contributed by atoms with Crippen LogP contribution in [0.25, 0.3) is 0 Å². The number of carboxylic acid groups (broad SMARTS) is 1. The maximum atomic E-state index is 11.2. The fourth-order valence-electron chi connectivity index (χ4n) is 1.14. The van der Waals surface area contributed by atoms with Crippen LogP contribution in [0, 0.1) is 0 Å². The molecule has 0 aliphatic heterocycles. The molecular weight excluding hydrogens is 272 g/mol. The summed E-state index contributed by atoms with van der Waals surface area (Å²) in [6.07, 6.45) is 0.202. The Balaban J connectivity index is 4.33. The van der Waals surface area contributed by atoms with E-state index in [4.69, 9.17) is 19.3 Å². The lowest BCUT2D eigenvalue weighted by Gasteiger charge is -2.28. The lowest BCUT2D eigenvalue weighted by Crippen LogP contribution is -2.39. The third kappa shape index (κ3) is 9.40. The van der Waals surface area contributed by atoms with Crippen LogP contribution >= 0.6 is 0 Å². The molecule has 1 N–H and O–H groups in total. The van der Waals surface area contributed by atoms with E-state index in [2.05, 4.69) is 9.78 Å². The fraction of sp³-hybridized carbons (Fsp3) is 0.833. The molecule has 0 atom stereocenters. The first-order valence-corrected chi connectivity index (χ1v) is 6.51. The SMILES string of the molecule is CCCCOC(C)(OCCCC)OC(=O)OOC(=O)O. The van der Waals surface area contributed by atoms with Crippen LogP contribution in [0.3, 0.4) is 0 Å². The summed E-state index contributed by atoms with van der Waals surface area (Å²) in [6.45, 7) is 6.02. The minimum absolute atomic E-state index is 0.326. The fourth-order valence-corrected chi connectivity index (χ4v) is 1.14. The van der Waals surface area contributed by atoms with E-state index in [0.29, 0.717) is 13.2 Å². The second-order valence-corrected chi connectivity index (χ2v) is 4.05. The van der Waals surface area contributed by atoms with Crippen LogP contribution in [-0.4, -0.2) is 36.6 Å². The van der Waals surface area contributed by atoms with Gasteiger partial charge in [-0.2, -0.15) is 9.68 Å². The summed E-state index contributed by atoms with van der Waals surface area (Å²) in [5.74, 6) is -1.64. The molecule has 0 aromatic carbocycles.